The fourth-order valence-corrected chi connectivity index (χ4v) is 2.70. The summed E-state index contributed by atoms with van der Waals surface area (Å²) in [4.78, 5) is 13.2. The number of hydrogen-bond donors (Lipinski definition) is 1. The van der Waals surface area contributed by atoms with Gasteiger partial charge in [-0.1, -0.05) is 13.8 Å². The van der Waals surface area contributed by atoms with E-state index in [0.29, 0.717) is 5.06 Å². The summed E-state index contributed by atoms with van der Waals surface area (Å²) in [6.07, 6.45) is 1.63. The van der Waals surface area contributed by atoms with Crippen LogP contribution in [0, 0.1) is 17.2 Å². The van der Waals surface area contributed by atoms with Crippen LogP contribution in [0.15, 0.2) is 11.6 Å². The van der Waals surface area contributed by atoms with Gasteiger partial charge in [0.1, 0.15) is 12.1 Å². The zero-order valence-electron chi connectivity index (χ0n) is 12.3. The number of hydrogen-bond acceptors (Lipinski definition) is 5. The van der Waals surface area contributed by atoms with E-state index in [0.717, 1.165) is 5.57 Å². The standard InChI is InChI=1S/C10H13N3O5S.Na.H/c1-6(2)8-3-7(4-11)12-5-9(8)13(10(12)14)18-19(15,16)17;;/h3,6-7,9H,5H2,1-2H3,(H,15,16,17);;/q;+1;-1. The molecule has 2 aliphatic rings. The first kappa shape index (κ1) is 17.4. The molecule has 2 rings (SSSR count). The van der Waals surface area contributed by atoms with Crippen LogP contribution in [0.3, 0.4) is 0 Å². The van der Waals surface area contributed by atoms with Crippen LogP contribution in [-0.4, -0.2) is 47.6 Å². The average Bonchev–Trinajstić information content (AvgIpc) is 2.54. The first-order valence-corrected chi connectivity index (χ1v) is 6.99. The maximum atomic E-state index is 12.0. The summed E-state index contributed by atoms with van der Waals surface area (Å²) in [5.74, 6) is 0.0152. The minimum atomic E-state index is -4.78. The second-order valence-corrected chi connectivity index (χ2v) is 5.68. The number of nitriles is 1. The van der Waals surface area contributed by atoms with Crippen molar-refractivity contribution in [2.24, 2.45) is 5.92 Å². The van der Waals surface area contributed by atoms with Crippen LogP contribution in [0.5, 0.6) is 0 Å². The van der Waals surface area contributed by atoms with Crippen molar-refractivity contribution in [2.45, 2.75) is 25.9 Å². The molecule has 2 bridgehead atoms. The number of rotatable bonds is 3. The first-order valence-electron chi connectivity index (χ1n) is 5.62. The zero-order valence-corrected chi connectivity index (χ0v) is 14.2. The fraction of sp³-hybridized carbons (Fsp3) is 0.600. The number of nitrogens with zero attached hydrogens (tertiary/aromatic N) is 3. The second-order valence-electron chi connectivity index (χ2n) is 4.67. The van der Waals surface area contributed by atoms with Gasteiger partial charge in [-0.25, -0.2) is 4.79 Å². The Hall–Kier alpha value is -0.630. The molecule has 2 unspecified atom stereocenters. The van der Waals surface area contributed by atoms with Gasteiger partial charge in [0.25, 0.3) is 0 Å². The van der Waals surface area contributed by atoms with E-state index < -0.39 is 28.5 Å². The van der Waals surface area contributed by atoms with Gasteiger partial charge in [0.05, 0.1) is 12.6 Å². The van der Waals surface area contributed by atoms with Crippen molar-refractivity contribution < 1.29 is 53.0 Å². The Labute approximate surface area is 140 Å². The molecule has 1 fully saturated rings. The van der Waals surface area contributed by atoms with E-state index in [1.807, 2.05) is 19.9 Å². The first-order chi connectivity index (χ1) is 8.74. The van der Waals surface area contributed by atoms with Gasteiger partial charge in [0.15, 0.2) is 0 Å². The number of fused-ring (bicyclic) bond motifs is 2. The third kappa shape index (κ3) is 3.16. The van der Waals surface area contributed by atoms with E-state index in [-0.39, 0.29) is 43.4 Å². The molecule has 0 aromatic rings. The summed E-state index contributed by atoms with van der Waals surface area (Å²) in [6, 6.07) is -0.150. The molecule has 0 aliphatic carbocycles. The Balaban J connectivity index is 0.00000200. The van der Waals surface area contributed by atoms with Gasteiger partial charge in [0.2, 0.25) is 0 Å². The Morgan fingerprint density at radius 3 is 2.65 bits per heavy atom. The summed E-state index contributed by atoms with van der Waals surface area (Å²) >= 11 is 0. The maximum Gasteiger partial charge on any atom is 1.00 e. The molecule has 0 aromatic heterocycles. The van der Waals surface area contributed by atoms with E-state index >= 15 is 0 Å². The van der Waals surface area contributed by atoms with Gasteiger partial charge in [-0.05, 0) is 17.6 Å². The number of amides is 2. The normalized spacial score (nSPS) is 25.4. The van der Waals surface area contributed by atoms with Crippen LogP contribution in [-0.2, 0) is 14.7 Å². The molecule has 1 N–H and O–H groups in total. The largest absolute Gasteiger partial charge is 1.00 e. The third-order valence-electron chi connectivity index (χ3n) is 3.13. The molecule has 2 heterocycles. The van der Waals surface area contributed by atoms with E-state index in [4.69, 9.17) is 9.81 Å². The summed E-state index contributed by atoms with van der Waals surface area (Å²) in [5.41, 5.74) is 0.734. The minimum Gasteiger partial charge on any atom is -1.00 e. The van der Waals surface area contributed by atoms with Crippen molar-refractivity contribution in [3.05, 3.63) is 11.6 Å². The van der Waals surface area contributed by atoms with Crippen LogP contribution in [0.1, 0.15) is 15.3 Å². The van der Waals surface area contributed by atoms with Gasteiger partial charge in [-0.15, -0.1) is 4.28 Å². The van der Waals surface area contributed by atoms with Gasteiger partial charge in [-0.3, -0.25) is 4.55 Å². The van der Waals surface area contributed by atoms with Crippen molar-refractivity contribution >= 4 is 16.4 Å². The number of hydroxylamine groups is 2. The molecule has 1 saturated heterocycles. The summed E-state index contributed by atoms with van der Waals surface area (Å²) in [5, 5.41) is 9.64. The molecule has 2 amide bonds. The monoisotopic (exact) mass is 311 g/mol. The number of urea groups is 1. The molecule has 0 radical (unpaired) electrons. The van der Waals surface area contributed by atoms with E-state index in [2.05, 4.69) is 4.28 Å². The van der Waals surface area contributed by atoms with Crippen LogP contribution in [0.4, 0.5) is 4.79 Å². The van der Waals surface area contributed by atoms with Gasteiger partial charge < -0.3 is 6.33 Å². The van der Waals surface area contributed by atoms with Crippen molar-refractivity contribution in [1.82, 2.24) is 9.96 Å². The minimum absolute atomic E-state index is 0. The fourth-order valence-electron chi connectivity index (χ4n) is 2.32. The van der Waals surface area contributed by atoms with Crippen LogP contribution < -0.4 is 29.6 Å². The molecule has 2 atom stereocenters. The van der Waals surface area contributed by atoms with Gasteiger partial charge in [0, 0.05) is 0 Å². The number of carbonyl (C=O) groups is 1. The summed E-state index contributed by atoms with van der Waals surface area (Å²) in [6.45, 7) is 3.89. The molecule has 0 saturated carbocycles. The third-order valence-corrected chi connectivity index (χ3v) is 3.48. The van der Waals surface area contributed by atoms with E-state index in [1.165, 1.54) is 4.90 Å². The predicted molar refractivity (Wildman–Crippen MR) is 63.8 cm³/mol. The van der Waals surface area contributed by atoms with Crippen molar-refractivity contribution in [3.8, 4) is 6.07 Å². The molecule has 106 valence electrons. The van der Waals surface area contributed by atoms with Crippen molar-refractivity contribution in [2.75, 3.05) is 6.54 Å². The quantitative estimate of drug-likeness (QED) is 0.348. The molecule has 0 spiro atoms. The molecule has 10 heteroatoms. The Morgan fingerprint density at radius 1 is 1.60 bits per heavy atom. The molecule has 20 heavy (non-hydrogen) atoms. The van der Waals surface area contributed by atoms with Crippen LogP contribution in [0.2, 0.25) is 0 Å². The van der Waals surface area contributed by atoms with E-state index in [1.54, 1.807) is 6.08 Å². The molecule has 2 aliphatic heterocycles. The molecular weight excluding hydrogens is 297 g/mol. The Morgan fingerprint density at radius 2 is 2.20 bits per heavy atom. The van der Waals surface area contributed by atoms with Crippen LogP contribution >= 0.6 is 0 Å². The Kier molecular flexibility index (Phi) is 5.23. The number of carbonyl (C=O) groups excluding carboxylic acids is 1. The topological polar surface area (TPSA) is 111 Å². The van der Waals surface area contributed by atoms with Gasteiger partial charge in [-0.2, -0.15) is 18.7 Å². The maximum absolute atomic E-state index is 12.0. The molecule has 0 aromatic carbocycles. The van der Waals surface area contributed by atoms with Crippen molar-refractivity contribution in [1.29, 1.82) is 5.26 Å². The predicted octanol–water partition coefficient (Wildman–Crippen LogP) is -2.57. The van der Waals surface area contributed by atoms with E-state index in [9.17, 15) is 13.2 Å². The summed E-state index contributed by atoms with van der Waals surface area (Å²) in [7, 11) is -4.78. The van der Waals surface area contributed by atoms with Crippen molar-refractivity contribution in [3.63, 3.8) is 0 Å². The average molecular weight is 311 g/mol. The van der Waals surface area contributed by atoms with Crippen LogP contribution in [0.25, 0.3) is 0 Å². The smallest absolute Gasteiger partial charge is 1.00 e. The Bertz CT molecular complexity index is 588. The second kappa shape index (κ2) is 6.01. The zero-order chi connectivity index (χ0) is 14.4. The molecule has 8 nitrogen and oxygen atoms in total. The summed E-state index contributed by atoms with van der Waals surface area (Å²) < 4.78 is 34.6. The molecular formula is C10H14N3NaO5S. The van der Waals surface area contributed by atoms with Gasteiger partial charge >= 0.3 is 46.0 Å². The SMILES string of the molecule is CC(C)C1=CC(C#N)N2CC1N(OS(=O)(=O)O)C2=O.[H-].[Na+].